The number of carbonyl (C=O) groups is 1. The molecule has 5 nitrogen and oxygen atoms in total. The van der Waals surface area contributed by atoms with Gasteiger partial charge in [-0.25, -0.2) is 0 Å². The van der Waals surface area contributed by atoms with Crippen molar-refractivity contribution >= 4 is 18.1 Å². The molecule has 1 aromatic rings. The number of rotatable bonds is 4. The summed E-state index contributed by atoms with van der Waals surface area (Å²) in [5.41, 5.74) is 0. The lowest BCUT2D eigenvalue weighted by atomic mass is 10.4. The first-order valence-electron chi connectivity index (χ1n) is 5.08. The third kappa shape index (κ3) is 2.65. The van der Waals surface area contributed by atoms with Gasteiger partial charge in [0.25, 0.3) is 0 Å². The summed E-state index contributed by atoms with van der Waals surface area (Å²) in [6.07, 6.45) is 2.71. The van der Waals surface area contributed by atoms with E-state index in [-0.39, 0.29) is 5.91 Å². The Balaban J connectivity index is 1.86. The summed E-state index contributed by atoms with van der Waals surface area (Å²) >= 11 is 5.04. The number of aryl methyl sites for hydroxylation is 1. The largest absolute Gasteiger partial charge is 0.353 e. The minimum absolute atomic E-state index is 0.0972. The lowest BCUT2D eigenvalue weighted by molar-refractivity contribution is -0.121. The predicted molar refractivity (Wildman–Crippen MR) is 57.9 cm³/mol. The van der Waals surface area contributed by atoms with E-state index in [0.29, 0.717) is 23.8 Å². The van der Waals surface area contributed by atoms with Crippen LogP contribution in [0.4, 0.5) is 0 Å². The summed E-state index contributed by atoms with van der Waals surface area (Å²) in [6.45, 7) is 2.46. The van der Waals surface area contributed by atoms with Crippen LogP contribution in [0.5, 0.6) is 0 Å². The SMILES string of the molecule is Cc1n[nH]c(=S)n1CCC(=O)NC1CC1. The molecule has 0 radical (unpaired) electrons. The first-order valence-corrected chi connectivity index (χ1v) is 5.49. The van der Waals surface area contributed by atoms with Crippen molar-refractivity contribution in [3.63, 3.8) is 0 Å². The van der Waals surface area contributed by atoms with Crippen LogP contribution in [-0.2, 0) is 11.3 Å². The number of aromatic amines is 1. The zero-order valence-corrected chi connectivity index (χ0v) is 9.43. The molecule has 2 rings (SSSR count). The van der Waals surface area contributed by atoms with Gasteiger partial charge in [0.05, 0.1) is 0 Å². The second kappa shape index (κ2) is 4.14. The number of amides is 1. The molecule has 15 heavy (non-hydrogen) atoms. The van der Waals surface area contributed by atoms with Crippen LogP contribution in [0, 0.1) is 11.7 Å². The second-order valence-electron chi connectivity index (χ2n) is 3.82. The van der Waals surface area contributed by atoms with Crippen molar-refractivity contribution in [1.29, 1.82) is 0 Å². The molecule has 0 aliphatic heterocycles. The van der Waals surface area contributed by atoms with Crippen molar-refractivity contribution < 1.29 is 4.79 Å². The smallest absolute Gasteiger partial charge is 0.222 e. The minimum atomic E-state index is 0.0972. The predicted octanol–water partition coefficient (Wildman–Crippen LogP) is 0.918. The van der Waals surface area contributed by atoms with Crippen molar-refractivity contribution in [3.05, 3.63) is 10.6 Å². The van der Waals surface area contributed by atoms with E-state index < -0.39 is 0 Å². The van der Waals surface area contributed by atoms with Gasteiger partial charge in [-0.05, 0) is 32.0 Å². The van der Waals surface area contributed by atoms with Gasteiger partial charge in [0, 0.05) is 19.0 Å². The molecule has 1 fully saturated rings. The maximum atomic E-state index is 11.4. The molecule has 0 unspecified atom stereocenters. The van der Waals surface area contributed by atoms with Gasteiger partial charge in [-0.15, -0.1) is 0 Å². The van der Waals surface area contributed by atoms with E-state index in [1.54, 1.807) is 0 Å². The van der Waals surface area contributed by atoms with Crippen molar-refractivity contribution in [2.45, 2.75) is 38.8 Å². The number of aromatic nitrogens is 3. The Morgan fingerprint density at radius 3 is 3.00 bits per heavy atom. The molecule has 1 aliphatic carbocycles. The molecule has 0 saturated heterocycles. The monoisotopic (exact) mass is 226 g/mol. The van der Waals surface area contributed by atoms with Gasteiger partial charge in [-0.3, -0.25) is 9.89 Å². The molecule has 1 amide bonds. The van der Waals surface area contributed by atoms with Crippen LogP contribution in [0.3, 0.4) is 0 Å². The third-order valence-electron chi connectivity index (χ3n) is 2.45. The molecule has 1 aromatic heterocycles. The zero-order valence-electron chi connectivity index (χ0n) is 8.62. The summed E-state index contributed by atoms with van der Waals surface area (Å²) < 4.78 is 2.41. The average Bonchev–Trinajstić information content (AvgIpc) is 2.93. The van der Waals surface area contributed by atoms with Gasteiger partial charge in [0.1, 0.15) is 5.82 Å². The highest BCUT2D eigenvalue weighted by Crippen LogP contribution is 2.18. The molecular weight excluding hydrogens is 212 g/mol. The minimum Gasteiger partial charge on any atom is -0.353 e. The van der Waals surface area contributed by atoms with Crippen molar-refractivity contribution in [2.24, 2.45) is 0 Å². The van der Waals surface area contributed by atoms with Crippen LogP contribution >= 0.6 is 12.2 Å². The van der Waals surface area contributed by atoms with E-state index in [9.17, 15) is 4.79 Å². The molecule has 0 atom stereocenters. The molecule has 1 aliphatic rings. The molecular formula is C9H14N4OS. The highest BCUT2D eigenvalue weighted by atomic mass is 32.1. The number of nitrogens with zero attached hydrogens (tertiary/aromatic N) is 2. The van der Waals surface area contributed by atoms with Crippen LogP contribution in [0.25, 0.3) is 0 Å². The van der Waals surface area contributed by atoms with Crippen molar-refractivity contribution in [2.75, 3.05) is 0 Å². The molecule has 1 heterocycles. The number of H-pyrrole nitrogens is 1. The standard InChI is InChI=1S/C9H14N4OS/c1-6-11-12-9(15)13(6)5-4-8(14)10-7-2-3-7/h7H,2-5H2,1H3,(H,10,14)(H,12,15). The quantitative estimate of drug-likeness (QED) is 0.750. The molecule has 0 bridgehead atoms. The average molecular weight is 226 g/mol. The molecule has 0 aromatic carbocycles. The van der Waals surface area contributed by atoms with E-state index in [2.05, 4.69) is 15.5 Å². The fourth-order valence-corrected chi connectivity index (χ4v) is 1.67. The maximum Gasteiger partial charge on any atom is 0.222 e. The Labute approximate surface area is 92.9 Å². The van der Waals surface area contributed by atoms with Crippen LogP contribution in [0.15, 0.2) is 0 Å². The van der Waals surface area contributed by atoms with Crippen LogP contribution in [0.1, 0.15) is 25.1 Å². The van der Waals surface area contributed by atoms with Crippen LogP contribution in [-0.4, -0.2) is 26.7 Å². The Hall–Kier alpha value is -1.17. The van der Waals surface area contributed by atoms with Crippen molar-refractivity contribution in [3.8, 4) is 0 Å². The summed E-state index contributed by atoms with van der Waals surface area (Å²) in [6, 6.07) is 0.427. The van der Waals surface area contributed by atoms with E-state index in [4.69, 9.17) is 12.2 Å². The normalized spacial score (nSPS) is 15.3. The Morgan fingerprint density at radius 2 is 2.47 bits per heavy atom. The Morgan fingerprint density at radius 1 is 1.73 bits per heavy atom. The van der Waals surface area contributed by atoms with E-state index in [1.165, 1.54) is 0 Å². The first kappa shape index (κ1) is 10.4. The topological polar surface area (TPSA) is 62.7 Å². The maximum absolute atomic E-state index is 11.4. The van der Waals surface area contributed by atoms with Gasteiger partial charge in [-0.2, -0.15) is 5.10 Å². The van der Waals surface area contributed by atoms with E-state index in [0.717, 1.165) is 18.7 Å². The van der Waals surface area contributed by atoms with Gasteiger partial charge < -0.3 is 9.88 Å². The lowest BCUT2D eigenvalue weighted by Crippen LogP contribution is -2.26. The second-order valence-corrected chi connectivity index (χ2v) is 4.21. The molecule has 1 saturated carbocycles. The fourth-order valence-electron chi connectivity index (χ4n) is 1.40. The number of hydrogen-bond acceptors (Lipinski definition) is 3. The van der Waals surface area contributed by atoms with Crippen molar-refractivity contribution in [1.82, 2.24) is 20.1 Å². The summed E-state index contributed by atoms with van der Waals surface area (Å²) in [5, 5.41) is 9.62. The highest BCUT2D eigenvalue weighted by Gasteiger charge is 2.22. The van der Waals surface area contributed by atoms with Crippen LogP contribution < -0.4 is 5.32 Å². The summed E-state index contributed by atoms with van der Waals surface area (Å²) in [5.74, 6) is 0.916. The highest BCUT2D eigenvalue weighted by molar-refractivity contribution is 7.71. The number of nitrogens with one attached hydrogen (secondary N) is 2. The first-order chi connectivity index (χ1) is 7.16. The molecule has 6 heteroatoms. The molecule has 0 spiro atoms. The third-order valence-corrected chi connectivity index (χ3v) is 2.77. The lowest BCUT2D eigenvalue weighted by Gasteiger charge is -2.04. The summed E-state index contributed by atoms with van der Waals surface area (Å²) in [7, 11) is 0. The van der Waals surface area contributed by atoms with E-state index in [1.807, 2.05) is 11.5 Å². The zero-order chi connectivity index (χ0) is 10.8. The number of hydrogen-bond donors (Lipinski definition) is 2. The van der Waals surface area contributed by atoms with Gasteiger partial charge in [0.15, 0.2) is 4.77 Å². The van der Waals surface area contributed by atoms with Crippen LogP contribution in [0.2, 0.25) is 0 Å². The summed E-state index contributed by atoms with van der Waals surface area (Å²) in [4.78, 5) is 11.4. The fraction of sp³-hybridized carbons (Fsp3) is 0.667. The molecule has 2 N–H and O–H groups in total. The van der Waals surface area contributed by atoms with Gasteiger partial charge in [-0.1, -0.05) is 0 Å². The number of carbonyl (C=O) groups excluding carboxylic acids is 1. The van der Waals surface area contributed by atoms with Gasteiger partial charge >= 0.3 is 0 Å². The Kier molecular flexibility index (Phi) is 2.86. The Bertz CT molecular complexity index is 418. The van der Waals surface area contributed by atoms with Gasteiger partial charge in [0.2, 0.25) is 5.91 Å². The van der Waals surface area contributed by atoms with E-state index >= 15 is 0 Å². The molecule has 82 valence electrons.